The molecule has 0 unspecified atom stereocenters. The number of likely N-dealkylation sites (N-methyl/N-ethyl adjacent to an activating group) is 1. The molecule has 0 radical (unpaired) electrons. The Kier molecular flexibility index (Phi) is 6.19. The van der Waals surface area contributed by atoms with Crippen molar-refractivity contribution in [1.82, 2.24) is 9.80 Å². The Hall–Kier alpha value is -0.900. The Morgan fingerprint density at radius 3 is 2.71 bits per heavy atom. The highest BCUT2D eigenvalue weighted by Gasteiger charge is 2.19. The lowest BCUT2D eigenvalue weighted by Crippen LogP contribution is -2.33. The van der Waals surface area contributed by atoms with Gasteiger partial charge in [-0.3, -0.25) is 14.5 Å². The molecule has 0 aromatic heterocycles. The van der Waals surface area contributed by atoms with Gasteiger partial charge in [-0.1, -0.05) is 13.8 Å². The van der Waals surface area contributed by atoms with Crippen molar-refractivity contribution in [2.75, 3.05) is 32.7 Å². The molecule has 1 aliphatic rings. The molecule has 1 aliphatic heterocycles. The lowest BCUT2D eigenvalue weighted by atomic mass is 10.2. The molecule has 4 heteroatoms. The van der Waals surface area contributed by atoms with Crippen molar-refractivity contribution in [3.63, 3.8) is 0 Å². The summed E-state index contributed by atoms with van der Waals surface area (Å²) in [5.74, 6) is 0.585. The Balaban J connectivity index is 2.18. The van der Waals surface area contributed by atoms with Gasteiger partial charge in [-0.15, -0.1) is 0 Å². The SMILES string of the molecule is CCC(=O)CN(CC)CCCN1CCCC1=O. The second-order valence-electron chi connectivity index (χ2n) is 4.60. The van der Waals surface area contributed by atoms with Crippen LogP contribution in [0.15, 0.2) is 0 Å². The van der Waals surface area contributed by atoms with Crippen LogP contribution in [0, 0.1) is 0 Å². The van der Waals surface area contributed by atoms with Crippen molar-refractivity contribution in [3.05, 3.63) is 0 Å². The molecule has 1 saturated heterocycles. The molecule has 0 spiro atoms. The standard InChI is InChI=1S/C13H24N2O2/c1-3-12(16)11-14(4-2)8-6-10-15-9-5-7-13(15)17/h3-11H2,1-2H3. The molecule has 0 bridgehead atoms. The van der Waals surface area contributed by atoms with Crippen molar-refractivity contribution >= 4 is 11.7 Å². The third kappa shape index (κ3) is 4.86. The van der Waals surface area contributed by atoms with E-state index >= 15 is 0 Å². The van der Waals surface area contributed by atoms with Gasteiger partial charge in [-0.25, -0.2) is 0 Å². The summed E-state index contributed by atoms with van der Waals surface area (Å²) in [7, 11) is 0. The number of likely N-dealkylation sites (tertiary alicyclic amines) is 1. The van der Waals surface area contributed by atoms with E-state index in [2.05, 4.69) is 11.8 Å². The first kappa shape index (κ1) is 14.2. The number of hydrogen-bond acceptors (Lipinski definition) is 3. The molecule has 98 valence electrons. The zero-order valence-electron chi connectivity index (χ0n) is 11.1. The number of carbonyl (C=O) groups excluding carboxylic acids is 2. The number of amides is 1. The summed E-state index contributed by atoms with van der Waals surface area (Å²) in [6.45, 7) is 8.10. The number of hydrogen-bond donors (Lipinski definition) is 0. The number of ketones is 1. The van der Waals surface area contributed by atoms with Crippen molar-refractivity contribution < 1.29 is 9.59 Å². The Morgan fingerprint density at radius 2 is 2.18 bits per heavy atom. The molecule has 0 aromatic carbocycles. The van der Waals surface area contributed by atoms with Crippen LogP contribution in [0.1, 0.15) is 39.5 Å². The number of carbonyl (C=O) groups is 2. The first-order chi connectivity index (χ1) is 8.17. The van der Waals surface area contributed by atoms with Crippen LogP contribution < -0.4 is 0 Å². The third-order valence-corrected chi connectivity index (χ3v) is 3.32. The largest absolute Gasteiger partial charge is 0.343 e. The van der Waals surface area contributed by atoms with Gasteiger partial charge in [0.2, 0.25) is 5.91 Å². The molecular formula is C13H24N2O2. The summed E-state index contributed by atoms with van der Waals surface area (Å²) >= 11 is 0. The predicted molar refractivity (Wildman–Crippen MR) is 67.8 cm³/mol. The van der Waals surface area contributed by atoms with Gasteiger partial charge in [0.15, 0.2) is 0 Å². The normalized spacial score (nSPS) is 15.9. The molecule has 0 atom stereocenters. The Bertz CT molecular complexity index is 266. The molecule has 0 N–H and O–H groups in total. The number of Topliss-reactive ketones (excluding diaryl/α,β-unsaturated/α-hetero) is 1. The fourth-order valence-corrected chi connectivity index (χ4v) is 2.14. The van der Waals surface area contributed by atoms with E-state index in [4.69, 9.17) is 0 Å². The van der Waals surface area contributed by atoms with Gasteiger partial charge in [0.05, 0.1) is 6.54 Å². The average Bonchev–Trinajstić information content (AvgIpc) is 2.73. The summed E-state index contributed by atoms with van der Waals surface area (Å²) in [5, 5.41) is 0. The lowest BCUT2D eigenvalue weighted by Gasteiger charge is -2.21. The molecule has 1 rings (SSSR count). The maximum atomic E-state index is 11.4. The van der Waals surface area contributed by atoms with Crippen molar-refractivity contribution in [2.24, 2.45) is 0 Å². The molecule has 4 nitrogen and oxygen atoms in total. The summed E-state index contributed by atoms with van der Waals surface area (Å²) in [4.78, 5) is 26.8. The van der Waals surface area contributed by atoms with E-state index in [1.165, 1.54) is 0 Å². The zero-order valence-corrected chi connectivity index (χ0v) is 11.1. The van der Waals surface area contributed by atoms with Crippen LogP contribution >= 0.6 is 0 Å². The van der Waals surface area contributed by atoms with Crippen LogP contribution in [0.3, 0.4) is 0 Å². The molecule has 1 amide bonds. The molecule has 1 heterocycles. The molecule has 0 aromatic rings. The highest BCUT2D eigenvalue weighted by Crippen LogP contribution is 2.09. The fraction of sp³-hybridized carbons (Fsp3) is 0.846. The zero-order chi connectivity index (χ0) is 12.7. The van der Waals surface area contributed by atoms with E-state index in [9.17, 15) is 9.59 Å². The van der Waals surface area contributed by atoms with Crippen LogP contribution in [-0.2, 0) is 9.59 Å². The molecule has 1 fully saturated rings. The smallest absolute Gasteiger partial charge is 0.222 e. The highest BCUT2D eigenvalue weighted by atomic mass is 16.2. The summed E-state index contributed by atoms with van der Waals surface area (Å²) < 4.78 is 0. The fourth-order valence-electron chi connectivity index (χ4n) is 2.14. The lowest BCUT2D eigenvalue weighted by molar-refractivity contribution is -0.128. The third-order valence-electron chi connectivity index (χ3n) is 3.32. The van der Waals surface area contributed by atoms with E-state index < -0.39 is 0 Å². The Labute approximate surface area is 104 Å². The molecule has 0 aliphatic carbocycles. The molecule has 0 saturated carbocycles. The monoisotopic (exact) mass is 240 g/mol. The van der Waals surface area contributed by atoms with E-state index in [-0.39, 0.29) is 5.91 Å². The minimum absolute atomic E-state index is 0.290. The van der Waals surface area contributed by atoms with Crippen LogP contribution in [0.25, 0.3) is 0 Å². The topological polar surface area (TPSA) is 40.6 Å². The quantitative estimate of drug-likeness (QED) is 0.642. The minimum atomic E-state index is 0.290. The van der Waals surface area contributed by atoms with E-state index in [1.54, 1.807) is 0 Å². The van der Waals surface area contributed by atoms with Crippen molar-refractivity contribution in [3.8, 4) is 0 Å². The summed E-state index contributed by atoms with van der Waals surface area (Å²) in [5.41, 5.74) is 0. The summed E-state index contributed by atoms with van der Waals surface area (Å²) in [6, 6.07) is 0. The predicted octanol–water partition coefficient (Wildman–Crippen LogP) is 1.30. The summed E-state index contributed by atoms with van der Waals surface area (Å²) in [6.07, 6.45) is 3.30. The average molecular weight is 240 g/mol. The van der Waals surface area contributed by atoms with Gasteiger partial charge < -0.3 is 4.90 Å². The second-order valence-corrected chi connectivity index (χ2v) is 4.60. The van der Waals surface area contributed by atoms with E-state index in [0.717, 1.165) is 39.0 Å². The number of nitrogens with zero attached hydrogens (tertiary/aromatic N) is 2. The Morgan fingerprint density at radius 1 is 1.41 bits per heavy atom. The van der Waals surface area contributed by atoms with Crippen LogP contribution in [0.4, 0.5) is 0 Å². The van der Waals surface area contributed by atoms with Gasteiger partial charge in [0.1, 0.15) is 5.78 Å². The molecular weight excluding hydrogens is 216 g/mol. The highest BCUT2D eigenvalue weighted by molar-refractivity contribution is 5.80. The van der Waals surface area contributed by atoms with E-state index in [0.29, 0.717) is 25.2 Å². The second kappa shape index (κ2) is 7.43. The number of rotatable bonds is 8. The van der Waals surface area contributed by atoms with Crippen molar-refractivity contribution in [2.45, 2.75) is 39.5 Å². The maximum Gasteiger partial charge on any atom is 0.222 e. The van der Waals surface area contributed by atoms with Crippen LogP contribution in [0.2, 0.25) is 0 Å². The van der Waals surface area contributed by atoms with Crippen LogP contribution in [0.5, 0.6) is 0 Å². The minimum Gasteiger partial charge on any atom is -0.343 e. The first-order valence-electron chi connectivity index (χ1n) is 6.69. The van der Waals surface area contributed by atoms with E-state index in [1.807, 2.05) is 11.8 Å². The van der Waals surface area contributed by atoms with Gasteiger partial charge >= 0.3 is 0 Å². The maximum absolute atomic E-state index is 11.4. The van der Waals surface area contributed by atoms with Crippen molar-refractivity contribution in [1.29, 1.82) is 0 Å². The van der Waals surface area contributed by atoms with Gasteiger partial charge in [-0.2, -0.15) is 0 Å². The van der Waals surface area contributed by atoms with Crippen LogP contribution in [-0.4, -0.2) is 54.2 Å². The van der Waals surface area contributed by atoms with Gasteiger partial charge in [0.25, 0.3) is 0 Å². The molecule has 17 heavy (non-hydrogen) atoms. The first-order valence-corrected chi connectivity index (χ1v) is 6.69. The van der Waals surface area contributed by atoms with Gasteiger partial charge in [-0.05, 0) is 19.4 Å². The van der Waals surface area contributed by atoms with Gasteiger partial charge in [0, 0.05) is 32.5 Å².